The number of nitrogen functional groups attached to an aromatic ring is 1. The molecule has 10 heteroatoms. The number of pyridine rings is 1. The van der Waals surface area contributed by atoms with Gasteiger partial charge in [-0.05, 0) is 48.0 Å². The first kappa shape index (κ1) is 23.8. The van der Waals surface area contributed by atoms with E-state index in [1.54, 1.807) is 24.3 Å². The Labute approximate surface area is 209 Å². The van der Waals surface area contributed by atoms with Crippen LogP contribution in [-0.2, 0) is 11.2 Å². The number of hydrogen-bond donors (Lipinski definition) is 2. The Balaban J connectivity index is 1.50. The van der Waals surface area contributed by atoms with Gasteiger partial charge in [0.1, 0.15) is 16.0 Å². The first-order chi connectivity index (χ1) is 15.6. The second kappa shape index (κ2) is 9.11. The third-order valence-corrected chi connectivity index (χ3v) is 6.90. The van der Waals surface area contributed by atoms with Crippen molar-refractivity contribution < 1.29 is 14.0 Å². The number of nitrogens with zero attached hydrogens (tertiary/aromatic N) is 1. The molecule has 0 bridgehead atoms. The average molecular weight is 527 g/mol. The zero-order valence-corrected chi connectivity index (χ0v) is 19.8. The molecule has 4 rings (SSSR count). The number of nitrogens with two attached hydrogens (primary N) is 1. The number of hydrogen-bond acceptors (Lipinski definition) is 4. The average Bonchev–Trinajstić information content (AvgIpc) is 3.33. The summed E-state index contributed by atoms with van der Waals surface area (Å²) in [4.78, 5) is 29.8. The van der Waals surface area contributed by atoms with Crippen molar-refractivity contribution in [2.24, 2.45) is 5.92 Å². The van der Waals surface area contributed by atoms with Crippen molar-refractivity contribution in [3.63, 3.8) is 0 Å². The maximum atomic E-state index is 13.5. The largest absolute Gasteiger partial charge is 0.384 e. The molecule has 0 saturated heterocycles. The molecule has 2 aromatic carbocycles. The summed E-state index contributed by atoms with van der Waals surface area (Å²) in [6, 6.07) is 13.6. The summed E-state index contributed by atoms with van der Waals surface area (Å²) < 4.78 is 12.1. The van der Waals surface area contributed by atoms with Crippen LogP contribution >= 0.6 is 46.4 Å². The maximum absolute atomic E-state index is 13.5. The van der Waals surface area contributed by atoms with E-state index in [0.717, 1.165) is 0 Å². The van der Waals surface area contributed by atoms with Crippen molar-refractivity contribution in [1.29, 1.82) is 0 Å². The van der Waals surface area contributed by atoms with Crippen LogP contribution < -0.4 is 11.1 Å². The lowest BCUT2D eigenvalue weighted by Gasteiger charge is -2.09. The maximum Gasteiger partial charge on any atom is 0.231 e. The zero-order valence-electron chi connectivity index (χ0n) is 16.8. The van der Waals surface area contributed by atoms with Gasteiger partial charge in [-0.2, -0.15) is 0 Å². The van der Waals surface area contributed by atoms with Gasteiger partial charge >= 0.3 is 0 Å². The van der Waals surface area contributed by atoms with Gasteiger partial charge in [-0.15, -0.1) is 23.2 Å². The van der Waals surface area contributed by atoms with Crippen molar-refractivity contribution >= 4 is 69.6 Å². The van der Waals surface area contributed by atoms with E-state index in [0.29, 0.717) is 22.8 Å². The summed E-state index contributed by atoms with van der Waals surface area (Å²) in [7, 11) is 0. The number of amides is 1. The van der Waals surface area contributed by atoms with Crippen molar-refractivity contribution in [2.75, 3.05) is 11.1 Å². The number of Topliss-reactive ketones (excluding diaryl/α,β-unsaturated/α-hetero) is 1. The van der Waals surface area contributed by atoms with Crippen LogP contribution in [0.25, 0.3) is 0 Å². The molecule has 0 aliphatic heterocycles. The third-order valence-electron chi connectivity index (χ3n) is 5.34. The quantitative estimate of drug-likeness (QED) is 0.302. The van der Waals surface area contributed by atoms with Gasteiger partial charge in [-0.25, -0.2) is 9.37 Å². The summed E-state index contributed by atoms with van der Waals surface area (Å²) >= 11 is 24.8. The Morgan fingerprint density at radius 2 is 1.82 bits per heavy atom. The van der Waals surface area contributed by atoms with Gasteiger partial charge in [0.2, 0.25) is 5.91 Å². The van der Waals surface area contributed by atoms with E-state index in [1.165, 1.54) is 30.3 Å². The van der Waals surface area contributed by atoms with E-state index in [4.69, 9.17) is 52.1 Å². The summed E-state index contributed by atoms with van der Waals surface area (Å²) in [6.07, 6.45) is -0.00927. The van der Waals surface area contributed by atoms with Crippen LogP contribution in [0, 0.1) is 11.7 Å². The molecule has 1 heterocycles. The number of halogens is 5. The lowest BCUT2D eigenvalue weighted by molar-refractivity contribution is -0.117. The van der Waals surface area contributed by atoms with Crippen LogP contribution in [-0.4, -0.2) is 21.0 Å². The molecule has 5 nitrogen and oxygen atoms in total. The summed E-state index contributed by atoms with van der Waals surface area (Å²) in [6.45, 7) is 0. The van der Waals surface area contributed by atoms with Crippen LogP contribution in [0.4, 0.5) is 15.9 Å². The Hall–Kier alpha value is -2.38. The number of aromatic nitrogens is 1. The fraction of sp³-hybridized carbons (Fsp3) is 0.174. The van der Waals surface area contributed by atoms with Crippen LogP contribution in [0.2, 0.25) is 10.0 Å². The Bertz CT molecular complexity index is 1270. The topological polar surface area (TPSA) is 85.1 Å². The molecular weight excluding hydrogens is 511 g/mol. The van der Waals surface area contributed by atoms with Crippen LogP contribution in [0.3, 0.4) is 0 Å². The van der Waals surface area contributed by atoms with Gasteiger partial charge in [0.05, 0.1) is 28.1 Å². The molecule has 0 spiro atoms. The van der Waals surface area contributed by atoms with Crippen molar-refractivity contribution in [3.8, 4) is 0 Å². The van der Waals surface area contributed by atoms with Crippen LogP contribution in [0.5, 0.6) is 0 Å². The molecule has 2 atom stereocenters. The van der Waals surface area contributed by atoms with Gasteiger partial charge in [-0.1, -0.05) is 35.3 Å². The molecule has 1 fully saturated rings. The standard InChI is InChI=1S/C23H16Cl4FN3O2/c24-15-6-5-13(9-14(15)18(32)10-12-2-1-3-19(29)30-12)31-22(33)21-20(23(21,26)27)11-4-7-17(28)16(25)8-11/h1-9,20-21H,10H2,(H2,29,30)(H,31,33). The number of ketones is 1. The normalized spacial score (nSPS) is 18.6. The van der Waals surface area contributed by atoms with E-state index >= 15 is 0 Å². The first-order valence-electron chi connectivity index (χ1n) is 9.75. The van der Waals surface area contributed by atoms with Crippen molar-refractivity contribution in [3.05, 3.63) is 87.3 Å². The van der Waals surface area contributed by atoms with Gasteiger partial charge in [-0.3, -0.25) is 9.59 Å². The minimum Gasteiger partial charge on any atom is -0.384 e. The molecule has 1 aliphatic rings. The molecule has 2 unspecified atom stereocenters. The lowest BCUT2D eigenvalue weighted by Crippen LogP contribution is -2.17. The Kier molecular flexibility index (Phi) is 6.56. The minimum atomic E-state index is -1.38. The van der Waals surface area contributed by atoms with Gasteiger partial charge < -0.3 is 11.1 Å². The monoisotopic (exact) mass is 525 g/mol. The SMILES string of the molecule is Nc1cccc(CC(=O)c2cc(NC(=O)C3C(c4ccc(F)c(Cl)c4)C3(Cl)Cl)ccc2Cl)n1. The number of carbonyl (C=O) groups is 2. The predicted molar refractivity (Wildman–Crippen MR) is 129 cm³/mol. The Morgan fingerprint density at radius 1 is 1.06 bits per heavy atom. The highest BCUT2D eigenvalue weighted by Gasteiger charge is 2.67. The highest BCUT2D eigenvalue weighted by atomic mass is 35.5. The van der Waals surface area contributed by atoms with E-state index in [-0.39, 0.29) is 27.8 Å². The summed E-state index contributed by atoms with van der Waals surface area (Å²) in [5.74, 6) is -2.38. The highest BCUT2D eigenvalue weighted by molar-refractivity contribution is 6.53. The van der Waals surface area contributed by atoms with E-state index < -0.39 is 27.9 Å². The number of nitrogens with one attached hydrogen (secondary N) is 1. The number of rotatable bonds is 6. The predicted octanol–water partition coefficient (Wildman–Crippen LogP) is 6.06. The van der Waals surface area contributed by atoms with E-state index in [2.05, 4.69) is 10.3 Å². The number of carbonyl (C=O) groups excluding carboxylic acids is 2. The van der Waals surface area contributed by atoms with Gasteiger partial charge in [0.15, 0.2) is 5.78 Å². The number of anilines is 2. The van der Waals surface area contributed by atoms with Crippen LogP contribution in [0.1, 0.15) is 27.5 Å². The second-order valence-corrected chi connectivity index (χ2v) is 9.90. The molecule has 3 N–H and O–H groups in total. The molecule has 1 saturated carbocycles. The molecule has 3 aromatic rings. The van der Waals surface area contributed by atoms with Crippen molar-refractivity contribution in [2.45, 2.75) is 16.7 Å². The molecule has 0 radical (unpaired) electrons. The molecule has 1 aliphatic carbocycles. The van der Waals surface area contributed by atoms with E-state index in [9.17, 15) is 14.0 Å². The van der Waals surface area contributed by atoms with E-state index in [1.807, 2.05) is 0 Å². The number of benzene rings is 2. The first-order valence-corrected chi connectivity index (χ1v) is 11.3. The third kappa shape index (κ3) is 4.94. The fourth-order valence-corrected chi connectivity index (χ4v) is 4.91. The minimum absolute atomic E-state index is 0.00927. The zero-order chi connectivity index (χ0) is 23.9. The lowest BCUT2D eigenvalue weighted by atomic mass is 10.0. The Morgan fingerprint density at radius 3 is 2.52 bits per heavy atom. The number of alkyl halides is 2. The summed E-state index contributed by atoms with van der Waals surface area (Å²) in [5.41, 5.74) is 7.28. The molecule has 33 heavy (non-hydrogen) atoms. The molecule has 1 amide bonds. The molecule has 170 valence electrons. The van der Waals surface area contributed by atoms with Gasteiger partial charge in [0.25, 0.3) is 0 Å². The highest BCUT2D eigenvalue weighted by Crippen LogP contribution is 2.65. The fourth-order valence-electron chi connectivity index (χ4n) is 3.67. The molecule has 1 aromatic heterocycles. The smallest absolute Gasteiger partial charge is 0.231 e. The van der Waals surface area contributed by atoms with Crippen molar-refractivity contribution in [1.82, 2.24) is 4.98 Å². The second-order valence-electron chi connectivity index (χ2n) is 7.64. The summed E-state index contributed by atoms with van der Waals surface area (Å²) in [5, 5.41) is 2.87. The van der Waals surface area contributed by atoms with Gasteiger partial charge in [0, 0.05) is 17.2 Å². The molecular formula is C23H16Cl4FN3O2. The van der Waals surface area contributed by atoms with Crippen LogP contribution in [0.15, 0.2) is 54.6 Å².